The lowest BCUT2D eigenvalue weighted by molar-refractivity contribution is -0.385. The largest absolute Gasteiger partial charge is 0.573 e. The van der Waals surface area contributed by atoms with Crippen molar-refractivity contribution in [3.8, 4) is 11.5 Å². The van der Waals surface area contributed by atoms with E-state index in [1.807, 2.05) is 0 Å². The number of hydrogen-bond acceptors (Lipinski definition) is 5. The van der Waals surface area contributed by atoms with Crippen molar-refractivity contribution in [2.75, 3.05) is 7.11 Å². The van der Waals surface area contributed by atoms with Gasteiger partial charge < -0.3 is 15.2 Å². The normalized spacial score (nSPS) is 12.0. The van der Waals surface area contributed by atoms with Gasteiger partial charge in [-0.15, -0.1) is 25.6 Å². The third-order valence-electron chi connectivity index (χ3n) is 3.23. The predicted molar refractivity (Wildman–Crippen MR) is 86.1 cm³/mol. The standard InChI is InChI=1S/C15H13F3N2O4.ClH/c1-23-13-7-4-10(8-12(13)20(21)22)14(19)9-2-5-11(6-3-9)24-15(16,17)18;/h2-8,14H,19H2,1H3;1H/t14-;/m1./s1. The van der Waals surface area contributed by atoms with Gasteiger partial charge in [-0.25, -0.2) is 0 Å². The van der Waals surface area contributed by atoms with E-state index in [9.17, 15) is 23.3 Å². The van der Waals surface area contributed by atoms with E-state index in [0.29, 0.717) is 11.1 Å². The molecule has 0 saturated heterocycles. The van der Waals surface area contributed by atoms with Gasteiger partial charge in [0.15, 0.2) is 5.75 Å². The van der Waals surface area contributed by atoms with Crippen LogP contribution in [-0.2, 0) is 0 Å². The van der Waals surface area contributed by atoms with Gasteiger partial charge in [0.25, 0.3) is 0 Å². The van der Waals surface area contributed by atoms with Crippen LogP contribution < -0.4 is 15.2 Å². The van der Waals surface area contributed by atoms with Crippen LogP contribution in [-0.4, -0.2) is 18.4 Å². The number of nitro groups is 1. The first-order valence-electron chi connectivity index (χ1n) is 6.65. The summed E-state index contributed by atoms with van der Waals surface area (Å²) in [5.41, 5.74) is 6.68. The summed E-state index contributed by atoms with van der Waals surface area (Å²) in [6.45, 7) is 0. The molecule has 0 spiro atoms. The maximum atomic E-state index is 12.1. The Balaban J connectivity index is 0.00000312. The van der Waals surface area contributed by atoms with Crippen LogP contribution in [0.5, 0.6) is 11.5 Å². The molecule has 0 aliphatic heterocycles. The summed E-state index contributed by atoms with van der Waals surface area (Å²) in [6.07, 6.45) is -4.78. The fourth-order valence-electron chi connectivity index (χ4n) is 2.11. The number of benzene rings is 2. The van der Waals surface area contributed by atoms with Gasteiger partial charge in [0.2, 0.25) is 0 Å². The third-order valence-corrected chi connectivity index (χ3v) is 3.23. The molecule has 0 radical (unpaired) electrons. The third kappa shape index (κ3) is 5.23. The molecular formula is C15H14ClF3N2O4. The molecule has 25 heavy (non-hydrogen) atoms. The van der Waals surface area contributed by atoms with E-state index in [1.54, 1.807) is 6.07 Å². The molecule has 0 aliphatic carbocycles. The highest BCUT2D eigenvalue weighted by Gasteiger charge is 2.31. The van der Waals surface area contributed by atoms with Crippen molar-refractivity contribution in [2.24, 2.45) is 5.73 Å². The Morgan fingerprint density at radius 1 is 1.12 bits per heavy atom. The number of methoxy groups -OCH3 is 1. The van der Waals surface area contributed by atoms with Crippen LogP contribution in [0, 0.1) is 10.1 Å². The van der Waals surface area contributed by atoms with Gasteiger partial charge in [-0.05, 0) is 29.3 Å². The highest BCUT2D eigenvalue weighted by atomic mass is 35.5. The lowest BCUT2D eigenvalue weighted by atomic mass is 9.99. The Kier molecular flexibility index (Phi) is 6.60. The molecule has 0 unspecified atom stereocenters. The number of ether oxygens (including phenoxy) is 2. The molecule has 2 aromatic carbocycles. The molecule has 10 heteroatoms. The Hall–Kier alpha value is -2.52. The van der Waals surface area contributed by atoms with Crippen LogP contribution in [0.3, 0.4) is 0 Å². The van der Waals surface area contributed by atoms with Crippen LogP contribution >= 0.6 is 12.4 Å². The molecule has 2 N–H and O–H groups in total. The van der Waals surface area contributed by atoms with Crippen molar-refractivity contribution in [3.63, 3.8) is 0 Å². The van der Waals surface area contributed by atoms with Crippen LogP contribution in [0.25, 0.3) is 0 Å². The molecule has 0 amide bonds. The Bertz CT molecular complexity index is 739. The molecule has 6 nitrogen and oxygen atoms in total. The molecule has 136 valence electrons. The van der Waals surface area contributed by atoms with Crippen molar-refractivity contribution in [1.29, 1.82) is 0 Å². The van der Waals surface area contributed by atoms with Gasteiger partial charge >= 0.3 is 12.0 Å². The van der Waals surface area contributed by atoms with Gasteiger partial charge in [0.05, 0.1) is 18.1 Å². The van der Waals surface area contributed by atoms with Crippen molar-refractivity contribution >= 4 is 18.1 Å². The zero-order chi connectivity index (χ0) is 17.9. The van der Waals surface area contributed by atoms with E-state index < -0.39 is 17.3 Å². The number of halogens is 4. The van der Waals surface area contributed by atoms with Crippen LogP contribution in [0.2, 0.25) is 0 Å². The van der Waals surface area contributed by atoms with Crippen LogP contribution in [0.4, 0.5) is 18.9 Å². The number of nitro benzene ring substituents is 1. The molecule has 2 rings (SSSR count). The molecule has 0 aromatic heterocycles. The van der Waals surface area contributed by atoms with Gasteiger partial charge in [0, 0.05) is 6.07 Å². The first-order chi connectivity index (χ1) is 11.2. The Morgan fingerprint density at radius 2 is 1.68 bits per heavy atom. The Morgan fingerprint density at radius 3 is 2.16 bits per heavy atom. The smallest absolute Gasteiger partial charge is 0.490 e. The lowest BCUT2D eigenvalue weighted by Gasteiger charge is -2.14. The molecule has 0 saturated carbocycles. The predicted octanol–water partition coefficient (Wildman–Crippen LogP) is 3.97. The second-order valence-corrected chi connectivity index (χ2v) is 4.78. The zero-order valence-corrected chi connectivity index (χ0v) is 13.6. The van der Waals surface area contributed by atoms with E-state index in [1.165, 1.54) is 31.4 Å². The van der Waals surface area contributed by atoms with Gasteiger partial charge in [0.1, 0.15) is 5.75 Å². The molecule has 0 fully saturated rings. The molecular weight excluding hydrogens is 365 g/mol. The fraction of sp³-hybridized carbons (Fsp3) is 0.200. The van der Waals surface area contributed by atoms with E-state index in [-0.39, 0.29) is 29.6 Å². The summed E-state index contributed by atoms with van der Waals surface area (Å²) in [5, 5.41) is 11.0. The first kappa shape index (κ1) is 20.5. The number of nitrogens with zero attached hydrogens (tertiary/aromatic N) is 1. The molecule has 2 aromatic rings. The van der Waals surface area contributed by atoms with Crippen molar-refractivity contribution < 1.29 is 27.6 Å². The summed E-state index contributed by atoms with van der Waals surface area (Å²) >= 11 is 0. The average molecular weight is 379 g/mol. The summed E-state index contributed by atoms with van der Waals surface area (Å²) in [7, 11) is 1.31. The van der Waals surface area contributed by atoms with Gasteiger partial charge in [-0.1, -0.05) is 18.2 Å². The van der Waals surface area contributed by atoms with Crippen molar-refractivity contribution in [2.45, 2.75) is 12.4 Å². The van der Waals surface area contributed by atoms with E-state index in [0.717, 1.165) is 12.1 Å². The number of alkyl halides is 3. The van der Waals surface area contributed by atoms with Crippen LogP contribution in [0.1, 0.15) is 17.2 Å². The van der Waals surface area contributed by atoms with E-state index in [4.69, 9.17) is 10.5 Å². The van der Waals surface area contributed by atoms with Crippen molar-refractivity contribution in [3.05, 3.63) is 63.7 Å². The molecule has 1 atom stereocenters. The second-order valence-electron chi connectivity index (χ2n) is 4.78. The number of nitrogens with two attached hydrogens (primary N) is 1. The summed E-state index contributed by atoms with van der Waals surface area (Å²) in [6, 6.07) is 8.45. The van der Waals surface area contributed by atoms with E-state index in [2.05, 4.69) is 4.74 Å². The minimum atomic E-state index is -4.78. The quantitative estimate of drug-likeness (QED) is 0.628. The van der Waals surface area contributed by atoms with Gasteiger partial charge in [-0.2, -0.15) is 0 Å². The highest BCUT2D eigenvalue weighted by molar-refractivity contribution is 5.85. The average Bonchev–Trinajstić information content (AvgIpc) is 2.52. The zero-order valence-electron chi connectivity index (χ0n) is 12.8. The molecule has 0 heterocycles. The topological polar surface area (TPSA) is 87.6 Å². The fourth-order valence-corrected chi connectivity index (χ4v) is 2.11. The number of rotatable bonds is 5. The minimum Gasteiger partial charge on any atom is -0.490 e. The maximum Gasteiger partial charge on any atom is 0.573 e. The summed E-state index contributed by atoms with van der Waals surface area (Å²) in [4.78, 5) is 10.4. The van der Waals surface area contributed by atoms with Crippen molar-refractivity contribution in [1.82, 2.24) is 0 Å². The second kappa shape index (κ2) is 8.04. The number of hydrogen-bond donors (Lipinski definition) is 1. The van der Waals surface area contributed by atoms with E-state index >= 15 is 0 Å². The van der Waals surface area contributed by atoms with Gasteiger partial charge in [-0.3, -0.25) is 10.1 Å². The summed E-state index contributed by atoms with van der Waals surface area (Å²) in [5.74, 6) is -0.288. The molecule has 0 aliphatic rings. The Labute approximate surface area is 146 Å². The minimum absolute atomic E-state index is 0. The summed E-state index contributed by atoms with van der Waals surface area (Å²) < 4.78 is 45.1. The lowest BCUT2D eigenvalue weighted by Crippen LogP contribution is -2.17. The monoisotopic (exact) mass is 378 g/mol. The SMILES string of the molecule is COc1ccc([C@H](N)c2ccc(OC(F)(F)F)cc2)cc1[N+](=O)[O-].Cl. The molecule has 0 bridgehead atoms. The first-order valence-corrected chi connectivity index (χ1v) is 6.65. The highest BCUT2D eigenvalue weighted by Crippen LogP contribution is 2.32. The maximum absolute atomic E-state index is 12.1. The van der Waals surface area contributed by atoms with Crippen LogP contribution in [0.15, 0.2) is 42.5 Å².